The van der Waals surface area contributed by atoms with Crippen molar-refractivity contribution in [1.29, 1.82) is 0 Å². The van der Waals surface area contributed by atoms with Crippen LogP contribution >= 0.6 is 0 Å². The number of benzene rings is 1. The fraction of sp³-hybridized carbons (Fsp3) is 0.273. The van der Waals surface area contributed by atoms with Gasteiger partial charge in [0, 0.05) is 11.9 Å². The van der Waals surface area contributed by atoms with Crippen LogP contribution in [0.25, 0.3) is 5.65 Å². The second kappa shape index (κ2) is 9.29. The Labute approximate surface area is 178 Å². The zero-order valence-electron chi connectivity index (χ0n) is 17.7. The van der Waals surface area contributed by atoms with Crippen LogP contribution < -0.4 is 10.1 Å². The van der Waals surface area contributed by atoms with Crippen molar-refractivity contribution in [2.24, 2.45) is 0 Å². The normalized spacial score (nSPS) is 10.6. The van der Waals surface area contributed by atoms with Crippen LogP contribution in [0.3, 0.4) is 0 Å². The minimum Gasteiger partial charge on any atom is -0.490 e. The predicted molar refractivity (Wildman–Crippen MR) is 113 cm³/mol. The molecule has 9 heteroatoms. The Bertz CT molecular complexity index is 1120. The summed E-state index contributed by atoms with van der Waals surface area (Å²) in [6.07, 6.45) is 2.25. The smallest absolute Gasteiger partial charge is 0.337 e. The van der Waals surface area contributed by atoms with Crippen LogP contribution in [0.4, 0.5) is 5.69 Å². The summed E-state index contributed by atoms with van der Waals surface area (Å²) < 4.78 is 16.7. The second-order valence-electron chi connectivity index (χ2n) is 6.50. The van der Waals surface area contributed by atoms with Crippen molar-refractivity contribution >= 4 is 29.2 Å². The maximum absolute atomic E-state index is 13.2. The lowest BCUT2D eigenvalue weighted by atomic mass is 10.1. The Hall–Kier alpha value is -3.88. The van der Waals surface area contributed by atoms with Crippen LogP contribution in [0.15, 0.2) is 36.5 Å². The van der Waals surface area contributed by atoms with Crippen molar-refractivity contribution < 1.29 is 28.6 Å². The Morgan fingerprint density at radius 2 is 1.68 bits per heavy atom. The van der Waals surface area contributed by atoms with Gasteiger partial charge in [-0.05, 0) is 43.7 Å². The highest BCUT2D eigenvalue weighted by molar-refractivity contribution is 6.06. The summed E-state index contributed by atoms with van der Waals surface area (Å²) in [5, 5.41) is 2.75. The van der Waals surface area contributed by atoms with E-state index < -0.39 is 17.8 Å². The fourth-order valence-electron chi connectivity index (χ4n) is 3.21. The van der Waals surface area contributed by atoms with Gasteiger partial charge in [-0.15, -0.1) is 0 Å². The third-order valence-electron chi connectivity index (χ3n) is 4.57. The minimum absolute atomic E-state index is 0.105. The number of anilines is 1. The van der Waals surface area contributed by atoms with Crippen LogP contribution in [0.2, 0.25) is 0 Å². The summed E-state index contributed by atoms with van der Waals surface area (Å²) in [6, 6.07) is 7.75. The van der Waals surface area contributed by atoms with Gasteiger partial charge < -0.3 is 19.5 Å². The van der Waals surface area contributed by atoms with Gasteiger partial charge in [0.15, 0.2) is 11.4 Å². The SMILES string of the molecule is CCOc1cccn2c(C(=O)Nc3cc(C(=O)OC)cc(C(=O)OC)c3)c(CC)nc12. The first-order valence-corrected chi connectivity index (χ1v) is 9.69. The standard InChI is InChI=1S/C22H23N3O6/c1-5-16-18(25-9-7-8-17(31-6-2)19(25)24-16)20(26)23-15-11-13(21(27)29-3)10-14(12-15)22(28)30-4/h7-12H,5-6H2,1-4H3,(H,23,26). The van der Waals surface area contributed by atoms with Gasteiger partial charge >= 0.3 is 11.9 Å². The number of aryl methyl sites for hydroxylation is 1. The highest BCUT2D eigenvalue weighted by Crippen LogP contribution is 2.24. The quantitative estimate of drug-likeness (QED) is 0.579. The third-order valence-corrected chi connectivity index (χ3v) is 4.57. The van der Waals surface area contributed by atoms with E-state index >= 15 is 0 Å². The highest BCUT2D eigenvalue weighted by Gasteiger charge is 2.22. The number of esters is 2. The first-order valence-electron chi connectivity index (χ1n) is 9.69. The maximum Gasteiger partial charge on any atom is 0.337 e. The molecule has 0 aliphatic heterocycles. The number of methoxy groups -OCH3 is 2. The molecular weight excluding hydrogens is 402 g/mol. The number of amides is 1. The molecule has 2 aromatic heterocycles. The fourth-order valence-corrected chi connectivity index (χ4v) is 3.21. The molecule has 0 unspecified atom stereocenters. The Balaban J connectivity index is 2.05. The van der Waals surface area contributed by atoms with E-state index in [0.29, 0.717) is 35.8 Å². The lowest BCUT2D eigenvalue weighted by Gasteiger charge is -2.10. The Kier molecular flexibility index (Phi) is 6.54. The topological polar surface area (TPSA) is 108 Å². The molecule has 3 rings (SSSR count). The molecule has 162 valence electrons. The van der Waals surface area contributed by atoms with E-state index in [1.165, 1.54) is 32.4 Å². The van der Waals surface area contributed by atoms with E-state index in [4.69, 9.17) is 14.2 Å². The van der Waals surface area contributed by atoms with Crippen LogP contribution in [-0.2, 0) is 15.9 Å². The van der Waals surface area contributed by atoms with Gasteiger partial charge in [-0.1, -0.05) is 6.92 Å². The molecule has 0 aliphatic carbocycles. The molecule has 0 atom stereocenters. The summed E-state index contributed by atoms with van der Waals surface area (Å²) in [5.74, 6) is -1.17. The molecule has 0 fully saturated rings. The molecule has 3 aromatic rings. The van der Waals surface area contributed by atoms with Crippen LogP contribution in [0, 0.1) is 0 Å². The van der Waals surface area contributed by atoms with E-state index in [-0.39, 0.29) is 16.8 Å². The van der Waals surface area contributed by atoms with Gasteiger partial charge in [-0.25, -0.2) is 14.6 Å². The summed E-state index contributed by atoms with van der Waals surface area (Å²) in [7, 11) is 2.46. The van der Waals surface area contributed by atoms with Crippen molar-refractivity contribution in [1.82, 2.24) is 9.38 Å². The molecule has 0 saturated heterocycles. The lowest BCUT2D eigenvalue weighted by molar-refractivity contribution is 0.0599. The zero-order valence-corrected chi connectivity index (χ0v) is 17.7. The van der Waals surface area contributed by atoms with Crippen molar-refractivity contribution in [2.45, 2.75) is 20.3 Å². The largest absolute Gasteiger partial charge is 0.490 e. The monoisotopic (exact) mass is 425 g/mol. The molecule has 0 saturated carbocycles. The van der Waals surface area contributed by atoms with E-state index in [2.05, 4.69) is 10.3 Å². The molecule has 9 nitrogen and oxygen atoms in total. The highest BCUT2D eigenvalue weighted by atomic mass is 16.5. The number of ether oxygens (including phenoxy) is 3. The lowest BCUT2D eigenvalue weighted by Crippen LogP contribution is -2.17. The summed E-state index contributed by atoms with van der Waals surface area (Å²) in [4.78, 5) is 41.8. The number of nitrogens with one attached hydrogen (secondary N) is 1. The third kappa shape index (κ3) is 4.35. The number of hydrogen-bond acceptors (Lipinski definition) is 7. The average molecular weight is 425 g/mol. The number of rotatable bonds is 7. The number of fused-ring (bicyclic) bond motifs is 1. The first-order chi connectivity index (χ1) is 14.9. The van der Waals surface area contributed by atoms with Gasteiger partial charge in [-0.3, -0.25) is 9.20 Å². The van der Waals surface area contributed by atoms with E-state index in [1.54, 1.807) is 22.7 Å². The van der Waals surface area contributed by atoms with Crippen molar-refractivity contribution in [2.75, 3.05) is 26.1 Å². The average Bonchev–Trinajstić information content (AvgIpc) is 3.17. The molecular formula is C22H23N3O6. The summed E-state index contributed by atoms with van der Waals surface area (Å²) in [5.41, 5.74) is 1.90. The van der Waals surface area contributed by atoms with Crippen molar-refractivity contribution in [3.8, 4) is 5.75 Å². The van der Waals surface area contributed by atoms with Gasteiger partial charge in [0.1, 0.15) is 5.69 Å². The minimum atomic E-state index is -0.647. The molecule has 1 N–H and O–H groups in total. The maximum atomic E-state index is 13.2. The molecule has 1 aromatic carbocycles. The van der Waals surface area contributed by atoms with Gasteiger partial charge in [0.25, 0.3) is 5.91 Å². The summed E-state index contributed by atoms with van der Waals surface area (Å²) >= 11 is 0. The number of carbonyl (C=O) groups is 3. The van der Waals surface area contributed by atoms with Crippen LogP contribution in [-0.4, -0.2) is 48.1 Å². The second-order valence-corrected chi connectivity index (χ2v) is 6.50. The van der Waals surface area contributed by atoms with Crippen LogP contribution in [0.1, 0.15) is 50.7 Å². The molecule has 31 heavy (non-hydrogen) atoms. The molecule has 0 radical (unpaired) electrons. The molecule has 0 spiro atoms. The first kappa shape index (κ1) is 21.8. The Morgan fingerprint density at radius 1 is 1.03 bits per heavy atom. The number of aromatic nitrogens is 2. The van der Waals surface area contributed by atoms with Crippen LogP contribution in [0.5, 0.6) is 5.75 Å². The number of carbonyl (C=O) groups excluding carboxylic acids is 3. The van der Waals surface area contributed by atoms with E-state index in [0.717, 1.165) is 0 Å². The number of nitrogens with zero attached hydrogens (tertiary/aromatic N) is 2. The van der Waals surface area contributed by atoms with Crippen molar-refractivity contribution in [3.63, 3.8) is 0 Å². The Morgan fingerprint density at radius 3 is 2.23 bits per heavy atom. The zero-order chi connectivity index (χ0) is 22.5. The van der Waals surface area contributed by atoms with Gasteiger partial charge in [0.2, 0.25) is 0 Å². The number of hydrogen-bond donors (Lipinski definition) is 1. The number of pyridine rings is 1. The molecule has 1 amide bonds. The molecule has 2 heterocycles. The van der Waals surface area contributed by atoms with Gasteiger partial charge in [0.05, 0.1) is 37.6 Å². The van der Waals surface area contributed by atoms with Crippen molar-refractivity contribution in [3.05, 3.63) is 59.0 Å². The molecule has 0 aliphatic rings. The van der Waals surface area contributed by atoms with E-state index in [1.807, 2.05) is 13.8 Å². The van der Waals surface area contributed by atoms with E-state index in [9.17, 15) is 14.4 Å². The number of imidazole rings is 1. The van der Waals surface area contributed by atoms with Gasteiger partial charge in [-0.2, -0.15) is 0 Å². The summed E-state index contributed by atoms with van der Waals surface area (Å²) in [6.45, 7) is 4.23. The predicted octanol–water partition coefficient (Wildman–Crippen LogP) is 3.12. The molecule has 0 bridgehead atoms.